The van der Waals surface area contributed by atoms with E-state index in [1.165, 1.54) is 11.5 Å². The molecule has 3 rings (SSSR count). The van der Waals surface area contributed by atoms with Gasteiger partial charge in [-0.15, -0.1) is 0 Å². The SMILES string of the molecule is COC.COc1c(C)cnc(CS(=O)c2nc3ccccc3n2C(C)=O)c1C. The number of carbonyl (C=O) groups is 1. The fourth-order valence-electron chi connectivity index (χ4n) is 2.87. The molecule has 1 aromatic carbocycles. The van der Waals surface area contributed by atoms with Gasteiger partial charge in [0.2, 0.25) is 11.1 Å². The molecule has 0 aliphatic carbocycles. The molecule has 0 saturated heterocycles. The van der Waals surface area contributed by atoms with Crippen molar-refractivity contribution < 1.29 is 18.5 Å². The molecule has 0 amide bonds. The highest BCUT2D eigenvalue weighted by atomic mass is 32.2. The minimum absolute atomic E-state index is 0.166. The molecular weight excluding hydrogens is 378 g/mol. The Bertz CT molecular complexity index is 1010. The number of carbonyl (C=O) groups excluding carboxylic acids is 1. The Morgan fingerprint density at radius 2 is 1.82 bits per heavy atom. The van der Waals surface area contributed by atoms with E-state index in [1.54, 1.807) is 39.7 Å². The number of hydrogen-bond acceptors (Lipinski definition) is 6. The van der Waals surface area contributed by atoms with Gasteiger partial charge >= 0.3 is 0 Å². The van der Waals surface area contributed by atoms with Crippen LogP contribution in [0.5, 0.6) is 5.75 Å². The van der Waals surface area contributed by atoms with Crippen LogP contribution in [0.4, 0.5) is 0 Å². The maximum atomic E-state index is 12.9. The first-order chi connectivity index (χ1) is 13.3. The van der Waals surface area contributed by atoms with E-state index < -0.39 is 10.8 Å². The molecule has 7 nitrogen and oxygen atoms in total. The van der Waals surface area contributed by atoms with Crippen LogP contribution in [0.1, 0.15) is 28.5 Å². The number of nitrogens with zero attached hydrogens (tertiary/aromatic N) is 3. The number of benzene rings is 1. The number of aromatic nitrogens is 3. The van der Waals surface area contributed by atoms with E-state index >= 15 is 0 Å². The highest BCUT2D eigenvalue weighted by Gasteiger charge is 2.21. The molecule has 3 aromatic rings. The molecule has 8 heteroatoms. The van der Waals surface area contributed by atoms with Gasteiger partial charge in [-0.2, -0.15) is 0 Å². The molecule has 0 aliphatic heterocycles. The number of ether oxygens (including phenoxy) is 2. The van der Waals surface area contributed by atoms with Crippen molar-refractivity contribution in [3.8, 4) is 5.75 Å². The van der Waals surface area contributed by atoms with E-state index in [0.717, 1.165) is 16.9 Å². The summed E-state index contributed by atoms with van der Waals surface area (Å²) in [6, 6.07) is 7.26. The molecule has 1 atom stereocenters. The highest BCUT2D eigenvalue weighted by Crippen LogP contribution is 2.26. The van der Waals surface area contributed by atoms with E-state index in [2.05, 4.69) is 14.7 Å². The van der Waals surface area contributed by atoms with Gasteiger partial charge in [0, 0.05) is 38.5 Å². The van der Waals surface area contributed by atoms with E-state index in [1.807, 2.05) is 26.0 Å². The molecule has 2 heterocycles. The Labute approximate surface area is 167 Å². The lowest BCUT2D eigenvalue weighted by molar-refractivity contribution is 0.0931. The molecular formula is C20H25N3O4S. The Morgan fingerprint density at radius 3 is 2.43 bits per heavy atom. The van der Waals surface area contributed by atoms with Gasteiger partial charge in [0.05, 0.1) is 40.4 Å². The van der Waals surface area contributed by atoms with Crippen LogP contribution < -0.4 is 4.74 Å². The van der Waals surface area contributed by atoms with Gasteiger partial charge in [0.15, 0.2) is 0 Å². The maximum absolute atomic E-state index is 12.9. The van der Waals surface area contributed by atoms with Gasteiger partial charge < -0.3 is 9.47 Å². The van der Waals surface area contributed by atoms with Gasteiger partial charge in [-0.05, 0) is 26.0 Å². The molecule has 0 fully saturated rings. The number of hydrogen-bond donors (Lipinski definition) is 0. The van der Waals surface area contributed by atoms with Crippen molar-refractivity contribution in [1.82, 2.24) is 14.5 Å². The number of pyridine rings is 1. The first-order valence-electron chi connectivity index (χ1n) is 8.61. The minimum Gasteiger partial charge on any atom is -0.496 e. The molecule has 1 unspecified atom stereocenters. The third-order valence-electron chi connectivity index (χ3n) is 4.07. The van der Waals surface area contributed by atoms with E-state index in [-0.39, 0.29) is 16.8 Å². The Morgan fingerprint density at radius 1 is 1.18 bits per heavy atom. The lowest BCUT2D eigenvalue weighted by Gasteiger charge is -2.12. The van der Waals surface area contributed by atoms with Crippen molar-refractivity contribution in [3.05, 3.63) is 47.3 Å². The van der Waals surface area contributed by atoms with E-state index in [9.17, 15) is 9.00 Å². The fraction of sp³-hybridized carbons (Fsp3) is 0.350. The Kier molecular flexibility index (Phi) is 7.42. The lowest BCUT2D eigenvalue weighted by atomic mass is 10.1. The third-order valence-corrected chi connectivity index (χ3v) is 5.28. The van der Waals surface area contributed by atoms with Crippen LogP contribution in [0.2, 0.25) is 0 Å². The minimum atomic E-state index is -1.51. The largest absolute Gasteiger partial charge is 0.496 e. The quantitative estimate of drug-likeness (QED) is 0.665. The van der Waals surface area contributed by atoms with Crippen LogP contribution in [-0.2, 0) is 21.3 Å². The number of aryl methyl sites for hydroxylation is 1. The third kappa shape index (κ3) is 4.45. The summed E-state index contributed by atoms with van der Waals surface area (Å²) in [7, 11) is 3.34. The number of para-hydroxylation sites is 2. The van der Waals surface area contributed by atoms with Crippen LogP contribution in [0.25, 0.3) is 11.0 Å². The number of rotatable bonds is 4. The molecule has 0 spiro atoms. The Hall–Kier alpha value is -2.58. The molecule has 2 aromatic heterocycles. The fourth-order valence-corrected chi connectivity index (χ4v) is 4.17. The predicted molar refractivity (Wildman–Crippen MR) is 109 cm³/mol. The monoisotopic (exact) mass is 403 g/mol. The summed E-state index contributed by atoms with van der Waals surface area (Å²) in [4.78, 5) is 20.9. The molecule has 0 N–H and O–H groups in total. The van der Waals surface area contributed by atoms with Gasteiger partial charge in [-0.25, -0.2) is 4.98 Å². The molecule has 28 heavy (non-hydrogen) atoms. The Balaban J connectivity index is 0.000000878. The standard InChI is InChI=1S/C18H19N3O3S.C2H6O/c1-11-9-19-15(12(2)17(11)24-4)10-25(23)18-20-14-7-5-6-8-16(14)21(18)13(3)22;1-3-2/h5-9H,10H2,1-4H3;1-2H3. The summed E-state index contributed by atoms with van der Waals surface area (Å²) >= 11 is 0. The maximum Gasteiger partial charge on any atom is 0.230 e. The summed E-state index contributed by atoms with van der Waals surface area (Å²) in [6.45, 7) is 5.24. The van der Waals surface area contributed by atoms with E-state index in [0.29, 0.717) is 16.7 Å². The molecule has 0 aliphatic rings. The van der Waals surface area contributed by atoms with Crippen LogP contribution in [0, 0.1) is 13.8 Å². The van der Waals surface area contributed by atoms with Crippen LogP contribution >= 0.6 is 0 Å². The highest BCUT2D eigenvalue weighted by molar-refractivity contribution is 7.84. The second-order valence-electron chi connectivity index (χ2n) is 6.18. The van der Waals surface area contributed by atoms with Gasteiger partial charge in [0.25, 0.3) is 0 Å². The van der Waals surface area contributed by atoms with E-state index in [4.69, 9.17) is 4.74 Å². The van der Waals surface area contributed by atoms with Crippen LogP contribution in [0.15, 0.2) is 35.6 Å². The average Bonchev–Trinajstić information content (AvgIpc) is 3.05. The zero-order valence-electron chi connectivity index (χ0n) is 17.0. The molecule has 0 saturated carbocycles. The summed E-state index contributed by atoms with van der Waals surface area (Å²) in [6.07, 6.45) is 1.70. The van der Waals surface area contributed by atoms with Crippen LogP contribution in [-0.4, -0.2) is 46.0 Å². The average molecular weight is 404 g/mol. The van der Waals surface area contributed by atoms with Crippen molar-refractivity contribution in [1.29, 1.82) is 0 Å². The summed E-state index contributed by atoms with van der Waals surface area (Å²) in [5, 5.41) is 0.245. The topological polar surface area (TPSA) is 83.3 Å². The summed E-state index contributed by atoms with van der Waals surface area (Å²) in [5.74, 6) is 0.685. The smallest absolute Gasteiger partial charge is 0.230 e. The number of fused-ring (bicyclic) bond motifs is 1. The molecule has 0 radical (unpaired) electrons. The summed E-state index contributed by atoms with van der Waals surface area (Å²) in [5.41, 5.74) is 3.74. The number of methoxy groups -OCH3 is 2. The molecule has 0 bridgehead atoms. The normalized spacial score (nSPS) is 11.6. The lowest BCUT2D eigenvalue weighted by Crippen LogP contribution is -2.13. The van der Waals surface area contributed by atoms with Gasteiger partial charge in [-0.3, -0.25) is 18.6 Å². The van der Waals surface area contributed by atoms with Crippen LogP contribution in [0.3, 0.4) is 0 Å². The zero-order valence-corrected chi connectivity index (χ0v) is 17.8. The second-order valence-corrected chi connectivity index (χ2v) is 7.53. The second kappa shape index (κ2) is 9.57. The van der Waals surface area contributed by atoms with Crippen molar-refractivity contribution in [2.75, 3.05) is 21.3 Å². The van der Waals surface area contributed by atoms with Crippen molar-refractivity contribution in [3.63, 3.8) is 0 Å². The van der Waals surface area contributed by atoms with Crippen molar-refractivity contribution in [2.24, 2.45) is 0 Å². The van der Waals surface area contributed by atoms with Gasteiger partial charge in [-0.1, -0.05) is 12.1 Å². The first kappa shape index (κ1) is 21.7. The number of imidazole rings is 1. The zero-order chi connectivity index (χ0) is 20.8. The summed E-state index contributed by atoms with van der Waals surface area (Å²) < 4.78 is 24.0. The van der Waals surface area contributed by atoms with Gasteiger partial charge in [0.1, 0.15) is 5.75 Å². The van der Waals surface area contributed by atoms with Crippen molar-refractivity contribution >= 4 is 27.7 Å². The molecule has 150 valence electrons. The predicted octanol–water partition coefficient (Wildman–Crippen LogP) is 3.29. The first-order valence-corrected chi connectivity index (χ1v) is 9.93. The van der Waals surface area contributed by atoms with Crippen molar-refractivity contribution in [2.45, 2.75) is 31.7 Å².